The summed E-state index contributed by atoms with van der Waals surface area (Å²) in [6, 6.07) is 7.50. The van der Waals surface area contributed by atoms with Gasteiger partial charge in [0.15, 0.2) is 11.6 Å². The van der Waals surface area contributed by atoms with Crippen LogP contribution >= 0.6 is 21.4 Å². The molecule has 1 amide bonds. The predicted octanol–water partition coefficient (Wildman–Crippen LogP) is 6.27. The van der Waals surface area contributed by atoms with E-state index in [0.717, 1.165) is 37.8 Å². The van der Waals surface area contributed by atoms with E-state index in [1.165, 1.54) is 30.5 Å². The molecule has 1 heterocycles. The highest BCUT2D eigenvalue weighted by Gasteiger charge is 2.21. The molecule has 0 saturated carbocycles. The van der Waals surface area contributed by atoms with Crippen LogP contribution in [0.25, 0.3) is 0 Å². The monoisotopic (exact) mass is 563 g/mol. The molecule has 3 rings (SSSR count). The molecular weight excluding hydrogens is 530 g/mol. The summed E-state index contributed by atoms with van der Waals surface area (Å²) >= 11 is 1.16. The summed E-state index contributed by atoms with van der Waals surface area (Å²) in [4.78, 5) is 16.3. The molecule has 0 fully saturated rings. The van der Waals surface area contributed by atoms with E-state index in [9.17, 15) is 9.18 Å². The molecule has 0 radical (unpaired) electrons. The molecule has 3 aromatic rings. The number of anilines is 3. The summed E-state index contributed by atoms with van der Waals surface area (Å²) < 4.78 is 51.3. The number of nitrogens with zero attached hydrogens (tertiary/aromatic N) is 1. The standard InChI is InChI=1S/C27H33F3N5OPS/c1-4-6-18(7-5-2)34-38-35-27-23(30)16(10-11-32-27)13-17-14-19(26(31)36)24(25(37)22(17)29)33-21-9-8-15(3)12-20(21)28/h8-12,14,18,33-34H,4-7,13,37H2,1-3H3,(H2,31,36)(H,32,35). The molecule has 5 N–H and O–H groups in total. The van der Waals surface area contributed by atoms with Gasteiger partial charge in [0.1, 0.15) is 11.6 Å². The number of hydrogen-bond donors (Lipinski definition) is 4. The van der Waals surface area contributed by atoms with E-state index >= 15 is 8.78 Å². The first-order valence-electron chi connectivity index (χ1n) is 12.4. The third-order valence-electron chi connectivity index (χ3n) is 6.02. The highest BCUT2D eigenvalue weighted by molar-refractivity contribution is 7.98. The Morgan fingerprint density at radius 3 is 2.42 bits per heavy atom. The summed E-state index contributed by atoms with van der Waals surface area (Å²) in [6.45, 7) is 5.96. The number of pyridine rings is 1. The second-order valence-corrected chi connectivity index (χ2v) is 10.3. The van der Waals surface area contributed by atoms with E-state index in [1.807, 2.05) is 0 Å². The summed E-state index contributed by atoms with van der Waals surface area (Å²) in [5.74, 6) is -2.69. The van der Waals surface area contributed by atoms with Gasteiger partial charge in [-0.2, -0.15) is 0 Å². The van der Waals surface area contributed by atoms with Crippen LogP contribution in [0.1, 0.15) is 66.6 Å². The van der Waals surface area contributed by atoms with Crippen molar-refractivity contribution in [2.45, 2.75) is 58.9 Å². The number of amides is 1. The highest BCUT2D eigenvalue weighted by Crippen LogP contribution is 2.29. The van der Waals surface area contributed by atoms with Gasteiger partial charge in [0.2, 0.25) is 0 Å². The molecule has 0 aliphatic carbocycles. The first-order chi connectivity index (χ1) is 18.2. The third-order valence-corrected chi connectivity index (χ3v) is 7.31. The fourth-order valence-corrected chi connectivity index (χ4v) is 5.18. The molecule has 1 aromatic heterocycles. The Hall–Kier alpha value is -2.81. The van der Waals surface area contributed by atoms with Gasteiger partial charge in [0, 0.05) is 36.1 Å². The Balaban J connectivity index is 1.85. The van der Waals surface area contributed by atoms with Crippen LogP contribution in [0.15, 0.2) is 36.5 Å². The number of rotatable bonds is 13. The van der Waals surface area contributed by atoms with Crippen LogP contribution in [-0.2, 0) is 6.42 Å². The van der Waals surface area contributed by atoms with Gasteiger partial charge >= 0.3 is 0 Å². The van der Waals surface area contributed by atoms with Gasteiger partial charge in [0.05, 0.1) is 16.9 Å². The van der Waals surface area contributed by atoms with Crippen molar-refractivity contribution < 1.29 is 18.0 Å². The maximum Gasteiger partial charge on any atom is 0.250 e. The van der Waals surface area contributed by atoms with Gasteiger partial charge in [-0.15, -0.1) is 9.24 Å². The van der Waals surface area contributed by atoms with Gasteiger partial charge in [-0.05, 0) is 60.7 Å². The first-order valence-corrected chi connectivity index (χ1v) is 13.8. The zero-order valence-electron chi connectivity index (χ0n) is 21.6. The number of nitrogens with one attached hydrogen (secondary N) is 3. The van der Waals surface area contributed by atoms with Gasteiger partial charge in [0.25, 0.3) is 5.91 Å². The molecular formula is C27H33F3N5OPS. The number of benzene rings is 2. The number of halogens is 3. The summed E-state index contributed by atoms with van der Waals surface area (Å²) in [5.41, 5.74) is 6.58. The number of carbonyl (C=O) groups is 1. The van der Waals surface area contributed by atoms with E-state index in [1.54, 1.807) is 13.0 Å². The Labute approximate surface area is 228 Å². The lowest BCUT2D eigenvalue weighted by atomic mass is 10.00. The fourth-order valence-electron chi connectivity index (χ4n) is 4.07. The van der Waals surface area contributed by atoms with Crippen LogP contribution in [0.4, 0.5) is 30.4 Å². The lowest BCUT2D eigenvalue weighted by Gasteiger charge is -2.18. The molecule has 0 aliphatic rings. The molecule has 11 heteroatoms. The Kier molecular flexibility index (Phi) is 10.8. The number of primary amides is 1. The average Bonchev–Trinajstić information content (AvgIpc) is 2.87. The first kappa shape index (κ1) is 29.7. The average molecular weight is 564 g/mol. The van der Waals surface area contributed by atoms with Gasteiger partial charge in [-0.1, -0.05) is 32.8 Å². The molecule has 1 atom stereocenters. The number of carbonyl (C=O) groups excluding carboxylic acids is 1. The van der Waals surface area contributed by atoms with Gasteiger partial charge in [-0.3, -0.25) is 9.52 Å². The zero-order chi connectivity index (χ0) is 27.8. The van der Waals surface area contributed by atoms with Crippen molar-refractivity contribution in [1.29, 1.82) is 0 Å². The number of aryl methyl sites for hydroxylation is 1. The fraction of sp³-hybridized carbons (Fsp3) is 0.333. The smallest absolute Gasteiger partial charge is 0.250 e. The van der Waals surface area contributed by atoms with Crippen molar-refractivity contribution in [3.8, 4) is 0 Å². The SMILES string of the molecule is CCCC(CCC)NSNc1nccc(Cc2cc(C(N)=O)c(Nc3ccc(C)cc3F)c(P)c2F)c1F. The van der Waals surface area contributed by atoms with Crippen LogP contribution in [-0.4, -0.2) is 16.9 Å². The summed E-state index contributed by atoms with van der Waals surface area (Å²) in [5, 5.41) is 2.77. The van der Waals surface area contributed by atoms with Crippen LogP contribution in [0.5, 0.6) is 0 Å². The van der Waals surface area contributed by atoms with Crippen molar-refractivity contribution in [3.63, 3.8) is 0 Å². The Bertz CT molecular complexity index is 1290. The van der Waals surface area contributed by atoms with E-state index in [0.29, 0.717) is 5.56 Å². The Morgan fingerprint density at radius 1 is 1.08 bits per heavy atom. The Morgan fingerprint density at radius 2 is 1.79 bits per heavy atom. The molecule has 0 spiro atoms. The number of hydrogen-bond acceptors (Lipinski definition) is 6. The number of aromatic nitrogens is 1. The molecule has 2 aromatic carbocycles. The van der Waals surface area contributed by atoms with Crippen molar-refractivity contribution in [1.82, 2.24) is 9.71 Å². The summed E-state index contributed by atoms with van der Waals surface area (Å²) in [7, 11) is 2.22. The van der Waals surface area contributed by atoms with Crippen molar-refractivity contribution in [2.24, 2.45) is 5.73 Å². The van der Waals surface area contributed by atoms with E-state index in [4.69, 9.17) is 5.73 Å². The number of nitrogens with two attached hydrogens (primary N) is 1. The molecule has 1 unspecified atom stereocenters. The van der Waals surface area contributed by atoms with Crippen molar-refractivity contribution in [3.05, 3.63) is 76.2 Å². The topological polar surface area (TPSA) is 92.1 Å². The molecule has 0 saturated heterocycles. The minimum Gasteiger partial charge on any atom is -0.366 e. The maximum absolute atomic E-state index is 15.5. The van der Waals surface area contributed by atoms with Crippen LogP contribution in [0, 0.1) is 24.4 Å². The van der Waals surface area contributed by atoms with Crippen molar-refractivity contribution in [2.75, 3.05) is 10.0 Å². The normalized spacial score (nSPS) is 11.2. The van der Waals surface area contributed by atoms with Crippen LogP contribution in [0.3, 0.4) is 0 Å². The molecule has 6 nitrogen and oxygen atoms in total. The maximum atomic E-state index is 15.5. The van der Waals surface area contributed by atoms with Gasteiger partial charge in [-0.25, -0.2) is 22.9 Å². The summed E-state index contributed by atoms with van der Waals surface area (Å²) in [6.07, 6.45) is 5.34. The quantitative estimate of drug-likeness (QED) is 0.145. The van der Waals surface area contributed by atoms with Gasteiger partial charge < -0.3 is 11.1 Å². The van der Waals surface area contributed by atoms with E-state index in [-0.39, 0.29) is 51.7 Å². The largest absolute Gasteiger partial charge is 0.366 e. The second-order valence-electron chi connectivity index (χ2n) is 9.06. The molecule has 204 valence electrons. The minimum atomic E-state index is -0.835. The third kappa shape index (κ3) is 7.40. The lowest BCUT2D eigenvalue weighted by Crippen LogP contribution is -2.24. The molecule has 38 heavy (non-hydrogen) atoms. The highest BCUT2D eigenvalue weighted by atomic mass is 32.2. The second kappa shape index (κ2) is 13.8. The van der Waals surface area contributed by atoms with Crippen LogP contribution in [0.2, 0.25) is 0 Å². The minimum absolute atomic E-state index is 0.0123. The van der Waals surface area contributed by atoms with E-state index in [2.05, 4.69) is 42.8 Å². The van der Waals surface area contributed by atoms with Crippen LogP contribution < -0.4 is 25.8 Å². The molecule has 0 bridgehead atoms. The molecule has 0 aliphatic heterocycles. The predicted molar refractivity (Wildman–Crippen MR) is 154 cm³/mol. The van der Waals surface area contributed by atoms with E-state index < -0.39 is 23.4 Å². The zero-order valence-corrected chi connectivity index (χ0v) is 23.6. The van der Waals surface area contributed by atoms with Crippen molar-refractivity contribution >= 4 is 49.8 Å². The lowest BCUT2D eigenvalue weighted by molar-refractivity contribution is 0.100.